The van der Waals surface area contributed by atoms with Crippen molar-refractivity contribution >= 4 is 17.5 Å². The fourth-order valence-electron chi connectivity index (χ4n) is 3.97. The number of Topliss-reactive ketones (excluding diaryl/α,β-unsaturated/α-hetero) is 1. The number of nitrogens with two attached hydrogens (primary N) is 1. The van der Waals surface area contributed by atoms with Crippen LogP contribution in [0.1, 0.15) is 63.5 Å². The smallest absolute Gasteiger partial charge is 0.321 e. The molecular formula is C26H35N7O4. The summed E-state index contributed by atoms with van der Waals surface area (Å²) in [4.78, 5) is 32.3. The Hall–Kier alpha value is -3.52. The Morgan fingerprint density at radius 3 is 2.65 bits per heavy atom. The lowest BCUT2D eigenvalue weighted by Gasteiger charge is -2.32. The van der Waals surface area contributed by atoms with Crippen LogP contribution >= 0.6 is 0 Å². The highest BCUT2D eigenvalue weighted by molar-refractivity contribution is 5.93. The van der Waals surface area contributed by atoms with Crippen molar-refractivity contribution in [2.45, 2.75) is 58.5 Å². The highest BCUT2D eigenvalue weighted by atomic mass is 16.5. The van der Waals surface area contributed by atoms with E-state index in [9.17, 15) is 15.2 Å². The molecule has 1 saturated heterocycles. The number of hydrogen-bond acceptors (Lipinski definition) is 11. The van der Waals surface area contributed by atoms with Gasteiger partial charge in [-0.15, -0.1) is 0 Å². The van der Waals surface area contributed by atoms with Gasteiger partial charge >= 0.3 is 6.01 Å². The minimum atomic E-state index is -1.01. The first-order valence-electron chi connectivity index (χ1n) is 12.7. The fourth-order valence-corrected chi connectivity index (χ4v) is 3.97. The van der Waals surface area contributed by atoms with Gasteiger partial charge in [-0.3, -0.25) is 4.79 Å². The minimum absolute atomic E-state index is 0.00964. The number of nitriles is 1. The summed E-state index contributed by atoms with van der Waals surface area (Å²) in [6.07, 6.45) is 4.96. The number of nitrogen functional groups attached to an aromatic ring is 1. The molecule has 2 fully saturated rings. The average molecular weight is 510 g/mol. The van der Waals surface area contributed by atoms with E-state index in [0.29, 0.717) is 43.1 Å². The maximum Gasteiger partial charge on any atom is 0.321 e. The molecule has 3 heterocycles. The van der Waals surface area contributed by atoms with Crippen LogP contribution in [-0.4, -0.2) is 62.7 Å². The Morgan fingerprint density at radius 1 is 1.30 bits per heavy atom. The number of hydrogen-bond donors (Lipinski definition) is 2. The quantitative estimate of drug-likeness (QED) is 0.429. The van der Waals surface area contributed by atoms with E-state index in [2.05, 4.69) is 26.0 Å². The van der Waals surface area contributed by atoms with Gasteiger partial charge in [0.05, 0.1) is 23.7 Å². The maximum atomic E-state index is 13.0. The van der Waals surface area contributed by atoms with Gasteiger partial charge in [-0.25, -0.2) is 4.98 Å². The van der Waals surface area contributed by atoms with E-state index in [1.165, 1.54) is 0 Å². The average Bonchev–Trinajstić information content (AvgIpc) is 3.67. The zero-order chi connectivity index (χ0) is 26.6. The number of piperidine rings is 1. The van der Waals surface area contributed by atoms with Crippen LogP contribution in [0.5, 0.6) is 11.8 Å². The van der Waals surface area contributed by atoms with Gasteiger partial charge < -0.3 is 25.2 Å². The van der Waals surface area contributed by atoms with Crippen LogP contribution < -0.4 is 20.1 Å². The van der Waals surface area contributed by atoms with Crippen molar-refractivity contribution in [1.29, 1.82) is 5.26 Å². The van der Waals surface area contributed by atoms with Gasteiger partial charge in [-0.05, 0) is 63.5 Å². The summed E-state index contributed by atoms with van der Waals surface area (Å²) in [6.45, 7) is 7.22. The first-order chi connectivity index (χ1) is 17.6. The molecule has 2 aromatic rings. The van der Waals surface area contributed by atoms with Crippen LogP contribution in [0.4, 0.5) is 11.8 Å². The zero-order valence-electron chi connectivity index (χ0n) is 21.7. The number of rotatable bonds is 11. The van der Waals surface area contributed by atoms with Crippen molar-refractivity contribution in [3.63, 3.8) is 0 Å². The highest BCUT2D eigenvalue weighted by Crippen LogP contribution is 2.44. The third kappa shape index (κ3) is 6.83. The molecule has 0 amide bonds. The van der Waals surface area contributed by atoms with Crippen molar-refractivity contribution in [2.24, 2.45) is 17.3 Å². The number of anilines is 2. The normalized spacial score (nSPS) is 18.1. The van der Waals surface area contributed by atoms with Crippen molar-refractivity contribution in [3.05, 3.63) is 24.2 Å². The molecule has 1 atom stereocenters. The van der Waals surface area contributed by atoms with Gasteiger partial charge in [0.1, 0.15) is 6.61 Å². The minimum Gasteiger partial charge on any atom is -0.489 e. The van der Waals surface area contributed by atoms with Gasteiger partial charge in [-0.2, -0.15) is 20.2 Å². The third-order valence-corrected chi connectivity index (χ3v) is 7.29. The number of aliphatic hydroxyl groups is 1. The Kier molecular flexibility index (Phi) is 7.78. The number of pyridine rings is 1. The first kappa shape index (κ1) is 26.5. The summed E-state index contributed by atoms with van der Waals surface area (Å²) in [5, 5.41) is 19.6. The Morgan fingerprint density at radius 2 is 2.03 bits per heavy atom. The van der Waals surface area contributed by atoms with Crippen molar-refractivity contribution in [2.75, 3.05) is 36.9 Å². The highest BCUT2D eigenvalue weighted by Gasteiger charge is 2.44. The summed E-state index contributed by atoms with van der Waals surface area (Å²) in [6, 6.07) is 5.93. The van der Waals surface area contributed by atoms with Crippen LogP contribution in [0.2, 0.25) is 0 Å². The Labute approximate surface area is 217 Å². The lowest BCUT2D eigenvalue weighted by molar-refractivity contribution is 0.0211. The molecule has 11 heteroatoms. The van der Waals surface area contributed by atoms with Crippen LogP contribution in [0, 0.1) is 28.6 Å². The molecule has 4 rings (SSSR count). The number of nitrogens with zero attached hydrogens (tertiary/aromatic N) is 6. The summed E-state index contributed by atoms with van der Waals surface area (Å²) in [7, 11) is 0. The number of ether oxygens (including phenoxy) is 2. The predicted octanol–water partition coefficient (Wildman–Crippen LogP) is 2.81. The number of carbonyl (C=O) groups excluding carboxylic acids is 1. The fraction of sp³-hybridized carbons (Fsp3) is 0.615. The molecule has 0 unspecified atom stereocenters. The Balaban J connectivity index is 1.44. The van der Waals surface area contributed by atoms with E-state index in [1.807, 2.05) is 11.8 Å². The SMILES string of the molecule is C[C@@H](CC(=O)c1nc(OCC2(C#N)CC2)nc(N2CCC(COc3cccnc3N)CC2)n1)C(C)(C)O. The van der Waals surface area contributed by atoms with Gasteiger partial charge in [0.25, 0.3) is 0 Å². The van der Waals surface area contributed by atoms with Gasteiger partial charge in [0.2, 0.25) is 17.6 Å². The molecule has 0 radical (unpaired) electrons. The second-order valence-electron chi connectivity index (χ2n) is 10.7. The van der Waals surface area contributed by atoms with E-state index in [4.69, 9.17) is 15.2 Å². The summed E-state index contributed by atoms with van der Waals surface area (Å²) >= 11 is 0. The van der Waals surface area contributed by atoms with Gasteiger partial charge in [0, 0.05) is 25.7 Å². The Bertz CT molecular complexity index is 1150. The second kappa shape index (κ2) is 10.8. The third-order valence-electron chi connectivity index (χ3n) is 7.29. The monoisotopic (exact) mass is 509 g/mol. The maximum absolute atomic E-state index is 13.0. The summed E-state index contributed by atoms with van der Waals surface area (Å²) in [5.74, 6) is 1.09. The molecule has 0 spiro atoms. The molecule has 1 aliphatic carbocycles. The van der Waals surface area contributed by atoms with Crippen LogP contribution in [0.15, 0.2) is 18.3 Å². The first-order valence-corrected chi connectivity index (χ1v) is 12.7. The van der Waals surface area contributed by atoms with Gasteiger partial charge in [-0.1, -0.05) is 6.92 Å². The largest absolute Gasteiger partial charge is 0.489 e. The number of ketones is 1. The second-order valence-corrected chi connectivity index (χ2v) is 10.7. The molecular weight excluding hydrogens is 474 g/mol. The predicted molar refractivity (Wildman–Crippen MR) is 136 cm³/mol. The van der Waals surface area contributed by atoms with E-state index in [1.54, 1.807) is 32.2 Å². The van der Waals surface area contributed by atoms with Crippen LogP contribution in [0.25, 0.3) is 0 Å². The molecule has 2 aliphatic rings. The summed E-state index contributed by atoms with van der Waals surface area (Å²) < 4.78 is 11.7. The molecule has 0 bridgehead atoms. The lowest BCUT2D eigenvalue weighted by Crippen LogP contribution is -2.37. The van der Waals surface area contributed by atoms with E-state index in [0.717, 1.165) is 25.7 Å². The molecule has 1 saturated carbocycles. The van der Waals surface area contributed by atoms with Crippen LogP contribution in [-0.2, 0) is 0 Å². The lowest BCUT2D eigenvalue weighted by atomic mass is 9.88. The number of carbonyl (C=O) groups is 1. The van der Waals surface area contributed by atoms with Crippen molar-refractivity contribution < 1.29 is 19.4 Å². The topological polar surface area (TPSA) is 160 Å². The molecule has 3 N–H and O–H groups in total. The number of aromatic nitrogens is 4. The summed E-state index contributed by atoms with van der Waals surface area (Å²) in [5.41, 5.74) is 4.36. The van der Waals surface area contributed by atoms with Crippen molar-refractivity contribution in [3.8, 4) is 17.8 Å². The molecule has 198 valence electrons. The molecule has 1 aliphatic heterocycles. The molecule has 37 heavy (non-hydrogen) atoms. The molecule has 11 nitrogen and oxygen atoms in total. The molecule has 0 aromatic carbocycles. The zero-order valence-corrected chi connectivity index (χ0v) is 21.7. The standard InChI is InChI=1S/C26H35N7O4/c1-17(25(2,3)35)13-19(34)22-30-23(32-24(31-22)37-16-26(15-27)8-9-26)33-11-6-18(7-12-33)14-36-20-5-4-10-29-21(20)28/h4-5,10,17-18,35H,6-9,11-14,16H2,1-3H3,(H2,28,29)/t17-/m0/s1. The van der Waals surface area contributed by atoms with Crippen molar-refractivity contribution in [1.82, 2.24) is 19.9 Å². The van der Waals surface area contributed by atoms with E-state index >= 15 is 0 Å². The molecule has 2 aromatic heterocycles. The van der Waals surface area contributed by atoms with Crippen LogP contribution in [0.3, 0.4) is 0 Å². The van der Waals surface area contributed by atoms with Gasteiger partial charge in [0.15, 0.2) is 11.6 Å². The van der Waals surface area contributed by atoms with E-state index in [-0.39, 0.29) is 36.6 Å². The van der Waals surface area contributed by atoms with E-state index < -0.39 is 11.0 Å².